The number of amides is 3. The quantitative estimate of drug-likeness (QED) is 0.362. The Hall–Kier alpha value is -3.04. The number of nitrogens with one attached hydrogen (secondary N) is 3. The second kappa shape index (κ2) is 8.77. The van der Waals surface area contributed by atoms with Crippen LogP contribution in [0.4, 0.5) is 5.69 Å². The second-order valence-corrected chi connectivity index (χ2v) is 6.95. The van der Waals surface area contributed by atoms with Crippen LogP contribution in [0.15, 0.2) is 58.6 Å². The van der Waals surface area contributed by atoms with Crippen molar-refractivity contribution in [1.29, 1.82) is 0 Å². The highest BCUT2D eigenvalue weighted by atomic mass is 79.9. The molecule has 0 aromatic heterocycles. The van der Waals surface area contributed by atoms with Crippen molar-refractivity contribution in [1.82, 2.24) is 10.6 Å². The fraction of sp³-hybridized carbons (Fsp3) is 0.0526. The lowest BCUT2D eigenvalue weighted by Gasteiger charge is -2.16. The first kappa shape index (κ1) is 19.7. The van der Waals surface area contributed by atoms with Crippen molar-refractivity contribution in [2.75, 3.05) is 11.9 Å². The number of ether oxygens (including phenoxy) is 1. The summed E-state index contributed by atoms with van der Waals surface area (Å²) >= 11 is 8.12. The van der Waals surface area contributed by atoms with Crippen molar-refractivity contribution in [3.05, 3.63) is 64.1 Å². The number of benzene rings is 2. The number of anilines is 1. The van der Waals surface area contributed by atoms with Crippen molar-refractivity contribution >= 4 is 62.7 Å². The minimum absolute atomic E-state index is 0.0224. The van der Waals surface area contributed by atoms with E-state index in [0.717, 1.165) is 0 Å². The Kier molecular flexibility index (Phi) is 6.17. The monoisotopic (exact) mass is 459 g/mol. The molecule has 1 saturated heterocycles. The van der Waals surface area contributed by atoms with Crippen LogP contribution in [0.2, 0.25) is 0 Å². The molecule has 1 heterocycles. The first-order valence-electron chi connectivity index (χ1n) is 8.08. The van der Waals surface area contributed by atoms with Crippen LogP contribution in [0.5, 0.6) is 5.75 Å². The van der Waals surface area contributed by atoms with E-state index in [0.29, 0.717) is 21.5 Å². The van der Waals surface area contributed by atoms with Gasteiger partial charge < -0.3 is 10.1 Å². The summed E-state index contributed by atoms with van der Waals surface area (Å²) in [6, 6.07) is 14.0. The average molecular weight is 460 g/mol. The van der Waals surface area contributed by atoms with Gasteiger partial charge in [-0.05, 0) is 64.1 Å². The molecule has 0 spiro atoms. The van der Waals surface area contributed by atoms with Crippen LogP contribution in [0.3, 0.4) is 0 Å². The summed E-state index contributed by atoms with van der Waals surface area (Å²) in [5.41, 5.74) is 1.22. The van der Waals surface area contributed by atoms with Gasteiger partial charge in [0.05, 0.1) is 4.47 Å². The molecule has 28 heavy (non-hydrogen) atoms. The van der Waals surface area contributed by atoms with E-state index in [9.17, 15) is 14.4 Å². The Morgan fingerprint density at radius 3 is 2.43 bits per heavy atom. The fourth-order valence-corrected chi connectivity index (χ4v) is 3.06. The molecule has 2 aromatic rings. The Bertz CT molecular complexity index is 970. The Balaban J connectivity index is 1.65. The van der Waals surface area contributed by atoms with Crippen molar-refractivity contribution < 1.29 is 19.1 Å². The smallest absolute Gasteiger partial charge is 0.263 e. The first-order valence-corrected chi connectivity index (χ1v) is 9.28. The summed E-state index contributed by atoms with van der Waals surface area (Å²) in [5.74, 6) is -0.981. The predicted molar refractivity (Wildman–Crippen MR) is 112 cm³/mol. The second-order valence-electron chi connectivity index (χ2n) is 5.69. The Morgan fingerprint density at radius 2 is 1.79 bits per heavy atom. The summed E-state index contributed by atoms with van der Waals surface area (Å²) in [6.07, 6.45) is 1.43. The normalized spacial score (nSPS) is 13.5. The van der Waals surface area contributed by atoms with Crippen LogP contribution in [-0.2, 0) is 14.4 Å². The van der Waals surface area contributed by atoms with Crippen molar-refractivity contribution in [2.45, 2.75) is 0 Å². The lowest BCUT2D eigenvalue weighted by atomic mass is 10.1. The average Bonchev–Trinajstić information content (AvgIpc) is 2.65. The van der Waals surface area contributed by atoms with E-state index in [1.165, 1.54) is 6.08 Å². The van der Waals surface area contributed by atoms with Crippen LogP contribution in [0, 0.1) is 0 Å². The number of hydrogen-bond donors (Lipinski definition) is 3. The van der Waals surface area contributed by atoms with Gasteiger partial charge in [-0.3, -0.25) is 25.0 Å². The number of hydrogen-bond acceptors (Lipinski definition) is 5. The maximum atomic E-state index is 12.0. The summed E-state index contributed by atoms with van der Waals surface area (Å²) in [5, 5.41) is 7.44. The van der Waals surface area contributed by atoms with Gasteiger partial charge in [0.2, 0.25) is 0 Å². The summed E-state index contributed by atoms with van der Waals surface area (Å²) in [7, 11) is 0. The Labute approximate surface area is 174 Å². The number of halogens is 1. The molecule has 0 atom stereocenters. The third-order valence-electron chi connectivity index (χ3n) is 3.63. The van der Waals surface area contributed by atoms with Crippen LogP contribution in [0.1, 0.15) is 5.56 Å². The van der Waals surface area contributed by atoms with E-state index in [1.54, 1.807) is 30.3 Å². The van der Waals surface area contributed by atoms with Gasteiger partial charge in [0.15, 0.2) is 11.7 Å². The number of thiocarbonyl (C=S) groups is 1. The molecule has 0 aliphatic carbocycles. The van der Waals surface area contributed by atoms with Crippen LogP contribution >= 0.6 is 28.1 Å². The van der Waals surface area contributed by atoms with Gasteiger partial charge in [-0.1, -0.05) is 24.3 Å². The molecular formula is C19H14BrN3O4S. The molecule has 7 nitrogen and oxygen atoms in total. The molecule has 0 radical (unpaired) electrons. The van der Waals surface area contributed by atoms with Gasteiger partial charge in [-0.2, -0.15) is 0 Å². The molecule has 1 fully saturated rings. The van der Waals surface area contributed by atoms with Gasteiger partial charge >= 0.3 is 0 Å². The zero-order chi connectivity index (χ0) is 20.1. The highest BCUT2D eigenvalue weighted by molar-refractivity contribution is 9.10. The zero-order valence-electron chi connectivity index (χ0n) is 14.3. The highest BCUT2D eigenvalue weighted by Gasteiger charge is 2.25. The molecule has 1 aliphatic rings. The topological polar surface area (TPSA) is 96.5 Å². The maximum Gasteiger partial charge on any atom is 0.263 e. The van der Waals surface area contributed by atoms with E-state index in [2.05, 4.69) is 31.9 Å². The molecule has 1 aliphatic heterocycles. The number of para-hydroxylation sites is 1. The molecule has 3 N–H and O–H groups in total. The molecule has 3 rings (SSSR count). The largest absolute Gasteiger partial charge is 0.483 e. The molecule has 142 valence electrons. The predicted octanol–water partition coefficient (Wildman–Crippen LogP) is 2.38. The van der Waals surface area contributed by atoms with E-state index in [1.807, 2.05) is 18.2 Å². The standard InChI is InChI=1S/C19H14BrN3O4S/c20-14-9-11(8-13-17(25)22-19(28)23-18(13)26)6-7-15(14)27-10-16(24)21-12-4-2-1-3-5-12/h1-9H,10H2,(H,21,24)(H2,22,23,25,26,28). The fourth-order valence-electron chi connectivity index (χ4n) is 2.36. The first-order chi connectivity index (χ1) is 13.4. The van der Waals surface area contributed by atoms with Crippen molar-refractivity contribution in [3.63, 3.8) is 0 Å². The van der Waals surface area contributed by atoms with Gasteiger partial charge in [-0.25, -0.2) is 0 Å². The van der Waals surface area contributed by atoms with Crippen LogP contribution < -0.4 is 20.7 Å². The zero-order valence-corrected chi connectivity index (χ0v) is 16.7. The van der Waals surface area contributed by atoms with Gasteiger partial charge in [0.25, 0.3) is 17.7 Å². The van der Waals surface area contributed by atoms with Gasteiger partial charge in [0.1, 0.15) is 11.3 Å². The van der Waals surface area contributed by atoms with Crippen molar-refractivity contribution in [3.8, 4) is 5.75 Å². The molecular weight excluding hydrogens is 446 g/mol. The third kappa shape index (κ3) is 5.02. The number of rotatable bonds is 5. The molecule has 3 amide bonds. The van der Waals surface area contributed by atoms with E-state index in [-0.39, 0.29) is 23.2 Å². The van der Waals surface area contributed by atoms with Crippen LogP contribution in [0.25, 0.3) is 6.08 Å². The minimum Gasteiger partial charge on any atom is -0.483 e. The van der Waals surface area contributed by atoms with Gasteiger partial charge in [0, 0.05) is 5.69 Å². The maximum absolute atomic E-state index is 12.0. The summed E-state index contributed by atoms with van der Waals surface area (Å²) < 4.78 is 6.09. The molecule has 2 aromatic carbocycles. The minimum atomic E-state index is -0.567. The summed E-state index contributed by atoms with van der Waals surface area (Å²) in [6.45, 7) is -0.170. The lowest BCUT2D eigenvalue weighted by molar-refractivity contribution is -0.123. The summed E-state index contributed by atoms with van der Waals surface area (Å²) in [4.78, 5) is 35.7. The molecule has 0 bridgehead atoms. The lowest BCUT2D eigenvalue weighted by Crippen LogP contribution is -2.51. The number of carbonyl (C=O) groups excluding carboxylic acids is 3. The number of carbonyl (C=O) groups is 3. The third-order valence-corrected chi connectivity index (χ3v) is 4.45. The van der Waals surface area contributed by atoms with Crippen molar-refractivity contribution in [2.24, 2.45) is 0 Å². The Morgan fingerprint density at radius 1 is 1.11 bits per heavy atom. The highest BCUT2D eigenvalue weighted by Crippen LogP contribution is 2.27. The molecule has 0 saturated carbocycles. The van der Waals surface area contributed by atoms with E-state index >= 15 is 0 Å². The molecule has 0 unspecified atom stereocenters. The SMILES string of the molecule is O=C(COc1ccc(C=C2C(=O)NC(=S)NC2=O)cc1Br)Nc1ccccc1. The van der Waals surface area contributed by atoms with E-state index < -0.39 is 11.8 Å². The van der Waals surface area contributed by atoms with Gasteiger partial charge in [-0.15, -0.1) is 0 Å². The molecule has 9 heteroatoms. The van der Waals surface area contributed by atoms with Crippen LogP contribution in [-0.4, -0.2) is 29.4 Å². The van der Waals surface area contributed by atoms with E-state index in [4.69, 9.17) is 17.0 Å².